The average Bonchev–Trinajstić information content (AvgIpc) is 2.53. The van der Waals surface area contributed by atoms with Gasteiger partial charge in [-0.3, -0.25) is 4.79 Å². The Morgan fingerprint density at radius 3 is 2.81 bits per heavy atom. The number of amides is 1. The number of piperidine rings is 2. The number of hydrogen-bond donors (Lipinski definition) is 2. The van der Waals surface area contributed by atoms with Gasteiger partial charge in [0, 0.05) is 37.3 Å². The van der Waals surface area contributed by atoms with E-state index in [4.69, 9.17) is 5.73 Å². The molecule has 2 aliphatic rings. The average molecular weight is 287 g/mol. The molecule has 1 amide bonds. The summed E-state index contributed by atoms with van der Waals surface area (Å²) in [5, 5.41) is 3.14. The lowest BCUT2D eigenvalue weighted by molar-refractivity contribution is -0.124. The highest BCUT2D eigenvalue weighted by Gasteiger charge is 2.33. The van der Waals surface area contributed by atoms with Crippen molar-refractivity contribution in [3.05, 3.63) is 29.8 Å². The van der Waals surface area contributed by atoms with Crippen LogP contribution in [0.5, 0.6) is 0 Å². The van der Waals surface area contributed by atoms with E-state index >= 15 is 0 Å². The molecule has 4 nitrogen and oxygen atoms in total. The summed E-state index contributed by atoms with van der Waals surface area (Å²) in [6, 6.07) is 9.20. The summed E-state index contributed by atoms with van der Waals surface area (Å²) >= 11 is 0. The summed E-state index contributed by atoms with van der Waals surface area (Å²) in [6.45, 7) is 4.17. The van der Waals surface area contributed by atoms with Crippen LogP contribution in [-0.2, 0) is 4.79 Å². The van der Waals surface area contributed by atoms with Crippen molar-refractivity contribution in [3.63, 3.8) is 0 Å². The number of nitrogens with zero attached hydrogens (tertiary/aromatic N) is 1. The Bertz CT molecular complexity index is 499. The Morgan fingerprint density at radius 2 is 2.10 bits per heavy atom. The van der Waals surface area contributed by atoms with Gasteiger partial charge < -0.3 is 16.0 Å². The molecule has 3 rings (SSSR count). The summed E-state index contributed by atoms with van der Waals surface area (Å²) in [4.78, 5) is 13.9. The summed E-state index contributed by atoms with van der Waals surface area (Å²) < 4.78 is 0. The second-order valence-corrected chi connectivity index (χ2v) is 6.31. The Hall–Kier alpha value is -1.55. The molecule has 0 aliphatic carbocycles. The van der Waals surface area contributed by atoms with E-state index in [0.29, 0.717) is 18.4 Å². The topological polar surface area (TPSA) is 58.4 Å². The van der Waals surface area contributed by atoms with Crippen LogP contribution in [0.25, 0.3) is 0 Å². The Morgan fingerprint density at radius 1 is 1.33 bits per heavy atom. The van der Waals surface area contributed by atoms with E-state index in [-0.39, 0.29) is 11.9 Å². The predicted octanol–water partition coefficient (Wildman–Crippen LogP) is 2.20. The predicted molar refractivity (Wildman–Crippen MR) is 85.1 cm³/mol. The van der Waals surface area contributed by atoms with Gasteiger partial charge >= 0.3 is 0 Å². The van der Waals surface area contributed by atoms with E-state index in [1.165, 1.54) is 11.3 Å². The lowest BCUT2D eigenvalue weighted by Crippen LogP contribution is -2.54. The van der Waals surface area contributed by atoms with Crippen LogP contribution in [0.2, 0.25) is 0 Å². The fraction of sp³-hybridized carbons (Fsp3) is 0.588. The first-order valence-corrected chi connectivity index (χ1v) is 8.07. The summed E-state index contributed by atoms with van der Waals surface area (Å²) in [7, 11) is 0. The van der Waals surface area contributed by atoms with Crippen molar-refractivity contribution in [3.8, 4) is 0 Å². The minimum Gasteiger partial charge on any atom is -0.371 e. The van der Waals surface area contributed by atoms with Crippen molar-refractivity contribution in [2.45, 2.75) is 44.7 Å². The molecule has 2 fully saturated rings. The van der Waals surface area contributed by atoms with Crippen LogP contribution in [0, 0.1) is 5.92 Å². The fourth-order valence-electron chi connectivity index (χ4n) is 3.51. The summed E-state index contributed by atoms with van der Waals surface area (Å²) in [6.07, 6.45) is 3.71. The lowest BCUT2D eigenvalue weighted by atomic mass is 9.85. The van der Waals surface area contributed by atoms with Crippen molar-refractivity contribution < 1.29 is 4.79 Å². The maximum absolute atomic E-state index is 11.5. The molecular formula is C17H25N3O. The molecule has 2 saturated heterocycles. The smallest absolute Gasteiger partial charge is 0.220 e. The lowest BCUT2D eigenvalue weighted by Gasteiger charge is -2.42. The van der Waals surface area contributed by atoms with Gasteiger partial charge in [-0.2, -0.15) is 0 Å². The van der Waals surface area contributed by atoms with E-state index in [1.807, 2.05) is 0 Å². The van der Waals surface area contributed by atoms with Crippen LogP contribution in [0.15, 0.2) is 24.3 Å². The molecule has 0 radical (unpaired) electrons. The molecule has 0 aromatic heterocycles. The number of nitrogens with one attached hydrogen (secondary N) is 1. The molecule has 3 N–H and O–H groups in total. The first kappa shape index (κ1) is 14.4. The van der Waals surface area contributed by atoms with Crippen LogP contribution in [-0.4, -0.2) is 25.0 Å². The third-order valence-electron chi connectivity index (χ3n) is 4.95. The summed E-state index contributed by atoms with van der Waals surface area (Å²) in [5.41, 5.74) is 8.55. The highest BCUT2D eigenvalue weighted by atomic mass is 16.1. The van der Waals surface area contributed by atoms with E-state index in [1.54, 1.807) is 0 Å². The fourth-order valence-corrected chi connectivity index (χ4v) is 3.51. The van der Waals surface area contributed by atoms with Gasteiger partial charge in [0.1, 0.15) is 0 Å². The Labute approximate surface area is 126 Å². The van der Waals surface area contributed by atoms with E-state index in [2.05, 4.69) is 41.4 Å². The van der Waals surface area contributed by atoms with Crippen molar-refractivity contribution >= 4 is 11.6 Å². The zero-order valence-electron chi connectivity index (χ0n) is 12.7. The van der Waals surface area contributed by atoms with Gasteiger partial charge in [0.25, 0.3) is 0 Å². The standard InChI is InChI=1S/C17H25N3O/c1-2-15(18)12-3-6-14(7-4-12)20-10-9-16-13(11-20)5-8-17(21)19-16/h3-4,6-7,13,15-16H,2,5,8-11,18H2,1H3,(H,19,21)/t13?,15-,16?/m1/s1. The minimum absolute atomic E-state index is 0.137. The number of fused-ring (bicyclic) bond motifs is 1. The molecule has 1 aromatic carbocycles. The van der Waals surface area contributed by atoms with E-state index in [0.717, 1.165) is 32.4 Å². The SMILES string of the molecule is CC[C@@H](N)c1ccc(N2CCC3NC(=O)CCC3C2)cc1. The molecule has 4 heteroatoms. The molecule has 0 saturated carbocycles. The van der Waals surface area contributed by atoms with Gasteiger partial charge in [0.15, 0.2) is 0 Å². The minimum atomic E-state index is 0.137. The normalized spacial score (nSPS) is 27.0. The maximum atomic E-state index is 11.5. The van der Waals surface area contributed by atoms with Crippen molar-refractivity contribution in [2.75, 3.05) is 18.0 Å². The zero-order chi connectivity index (χ0) is 14.8. The molecule has 3 atom stereocenters. The largest absolute Gasteiger partial charge is 0.371 e. The number of rotatable bonds is 3. The molecule has 1 aromatic rings. The highest BCUT2D eigenvalue weighted by Crippen LogP contribution is 2.29. The molecule has 2 heterocycles. The first-order chi connectivity index (χ1) is 10.2. The van der Waals surface area contributed by atoms with Gasteiger partial charge in [-0.05, 0) is 42.9 Å². The van der Waals surface area contributed by atoms with Gasteiger partial charge in [0.2, 0.25) is 5.91 Å². The second kappa shape index (κ2) is 6.06. The second-order valence-electron chi connectivity index (χ2n) is 6.31. The third-order valence-corrected chi connectivity index (χ3v) is 4.95. The molecule has 21 heavy (non-hydrogen) atoms. The van der Waals surface area contributed by atoms with Crippen LogP contribution < -0.4 is 16.0 Å². The number of carbonyl (C=O) groups excluding carboxylic acids is 1. The molecule has 114 valence electrons. The quantitative estimate of drug-likeness (QED) is 0.896. The zero-order valence-corrected chi connectivity index (χ0v) is 12.7. The van der Waals surface area contributed by atoms with Crippen molar-refractivity contribution in [1.82, 2.24) is 5.32 Å². The molecule has 0 spiro atoms. The van der Waals surface area contributed by atoms with Gasteiger partial charge in [-0.1, -0.05) is 19.1 Å². The Balaban J connectivity index is 1.66. The van der Waals surface area contributed by atoms with E-state index < -0.39 is 0 Å². The highest BCUT2D eigenvalue weighted by molar-refractivity contribution is 5.77. The van der Waals surface area contributed by atoms with Crippen LogP contribution in [0.4, 0.5) is 5.69 Å². The van der Waals surface area contributed by atoms with Gasteiger partial charge in [0.05, 0.1) is 0 Å². The van der Waals surface area contributed by atoms with E-state index in [9.17, 15) is 4.79 Å². The van der Waals surface area contributed by atoms with Crippen LogP contribution in [0.1, 0.15) is 44.2 Å². The number of hydrogen-bond acceptors (Lipinski definition) is 3. The Kier molecular flexibility index (Phi) is 4.15. The van der Waals surface area contributed by atoms with Crippen molar-refractivity contribution in [1.29, 1.82) is 0 Å². The summed E-state index contributed by atoms with van der Waals surface area (Å²) in [5.74, 6) is 0.816. The van der Waals surface area contributed by atoms with Gasteiger partial charge in [-0.25, -0.2) is 0 Å². The number of anilines is 1. The third kappa shape index (κ3) is 3.05. The molecule has 2 aliphatic heterocycles. The van der Waals surface area contributed by atoms with Crippen LogP contribution >= 0.6 is 0 Å². The maximum Gasteiger partial charge on any atom is 0.220 e. The number of nitrogens with two attached hydrogens (primary N) is 1. The van der Waals surface area contributed by atoms with Gasteiger partial charge in [-0.15, -0.1) is 0 Å². The first-order valence-electron chi connectivity index (χ1n) is 8.07. The van der Waals surface area contributed by atoms with Crippen LogP contribution in [0.3, 0.4) is 0 Å². The number of benzene rings is 1. The molecule has 2 unspecified atom stereocenters. The molecule has 0 bridgehead atoms. The number of carbonyl (C=O) groups is 1. The molecular weight excluding hydrogens is 262 g/mol. The monoisotopic (exact) mass is 287 g/mol. The van der Waals surface area contributed by atoms with Crippen molar-refractivity contribution in [2.24, 2.45) is 11.7 Å².